The molecule has 0 fully saturated rings. The minimum Gasteiger partial charge on any atom is -0.478 e. The molecule has 0 aliphatic carbocycles. The number of hydrogen-bond donors (Lipinski definition) is 2. The van der Waals surface area contributed by atoms with Crippen molar-refractivity contribution >= 4 is 71.2 Å². The Bertz CT molecular complexity index is 1590. The summed E-state index contributed by atoms with van der Waals surface area (Å²) in [5.41, 5.74) is 3.64. The van der Waals surface area contributed by atoms with Gasteiger partial charge in [0, 0.05) is 60.0 Å². The summed E-state index contributed by atoms with van der Waals surface area (Å²) < 4.78 is 0. The van der Waals surface area contributed by atoms with Gasteiger partial charge < -0.3 is 10.2 Å². The third-order valence-corrected chi connectivity index (χ3v) is 5.86. The molecule has 5 aromatic rings. The monoisotopic (exact) mass is 480 g/mol. The SMILES string of the molecule is O=C(O)c1ccc(C#Cc2c3ccccc3c(C#Cc3ccc(C(=O)O)cc3)c3ccccc23)cc1.[Li].[Li]. The average Bonchev–Trinajstić information content (AvgIpc) is 2.91. The van der Waals surface area contributed by atoms with Gasteiger partial charge in [0.25, 0.3) is 0 Å². The summed E-state index contributed by atoms with van der Waals surface area (Å²) in [6, 6.07) is 28.9. The molecule has 2 N–H and O–H groups in total. The molecule has 0 spiro atoms. The summed E-state index contributed by atoms with van der Waals surface area (Å²) >= 11 is 0. The second kappa shape index (κ2) is 12.4. The topological polar surface area (TPSA) is 74.6 Å². The van der Waals surface area contributed by atoms with Crippen LogP contribution >= 0.6 is 0 Å². The Morgan fingerprint density at radius 1 is 0.447 bits per heavy atom. The third kappa shape index (κ3) is 5.88. The smallest absolute Gasteiger partial charge is 0.335 e. The van der Waals surface area contributed by atoms with E-state index in [9.17, 15) is 9.59 Å². The van der Waals surface area contributed by atoms with Crippen LogP contribution in [-0.4, -0.2) is 59.9 Å². The number of carbonyl (C=O) groups is 2. The van der Waals surface area contributed by atoms with Crippen molar-refractivity contribution in [2.45, 2.75) is 0 Å². The van der Waals surface area contributed by atoms with E-state index in [4.69, 9.17) is 10.2 Å². The van der Waals surface area contributed by atoms with Crippen LogP contribution in [0.15, 0.2) is 97.1 Å². The molecule has 0 aliphatic rings. The molecule has 0 saturated heterocycles. The predicted molar refractivity (Wildman–Crippen MR) is 152 cm³/mol. The van der Waals surface area contributed by atoms with Gasteiger partial charge in [0.05, 0.1) is 11.1 Å². The fourth-order valence-electron chi connectivity index (χ4n) is 4.06. The van der Waals surface area contributed by atoms with Gasteiger partial charge in [0.15, 0.2) is 0 Å². The molecule has 2 radical (unpaired) electrons. The van der Waals surface area contributed by atoms with Crippen LogP contribution in [-0.2, 0) is 0 Å². The van der Waals surface area contributed by atoms with E-state index in [2.05, 4.69) is 23.7 Å². The molecule has 0 aromatic heterocycles. The summed E-state index contributed by atoms with van der Waals surface area (Å²) in [6.07, 6.45) is 0. The van der Waals surface area contributed by atoms with Crippen molar-refractivity contribution in [2.24, 2.45) is 0 Å². The molecule has 172 valence electrons. The van der Waals surface area contributed by atoms with Crippen molar-refractivity contribution in [3.63, 3.8) is 0 Å². The normalized spacial score (nSPS) is 9.68. The number of aromatic carboxylic acids is 2. The summed E-state index contributed by atoms with van der Waals surface area (Å²) in [7, 11) is 0. The fraction of sp³-hybridized carbons (Fsp3) is 0. The molecule has 0 heterocycles. The van der Waals surface area contributed by atoms with Gasteiger partial charge in [-0.25, -0.2) is 9.59 Å². The Balaban J connectivity index is 0.00000200. The zero-order valence-corrected chi connectivity index (χ0v) is 20.9. The number of benzene rings is 5. The van der Waals surface area contributed by atoms with Crippen LogP contribution in [0.3, 0.4) is 0 Å². The minimum atomic E-state index is -0.971. The maximum Gasteiger partial charge on any atom is 0.335 e. The number of carboxylic acid groups (broad SMARTS) is 2. The molecule has 0 amide bonds. The minimum absolute atomic E-state index is 0. The average molecular weight is 480 g/mol. The zero-order valence-electron chi connectivity index (χ0n) is 20.9. The first-order valence-corrected chi connectivity index (χ1v) is 11.2. The first-order valence-electron chi connectivity index (χ1n) is 11.2. The Morgan fingerprint density at radius 2 is 0.737 bits per heavy atom. The molecular weight excluding hydrogens is 462 g/mol. The molecule has 6 heteroatoms. The van der Waals surface area contributed by atoms with Crippen LogP contribution in [0, 0.1) is 23.7 Å². The summed E-state index contributed by atoms with van der Waals surface area (Å²) in [4.78, 5) is 22.3. The van der Waals surface area contributed by atoms with Crippen LogP contribution in [0.4, 0.5) is 0 Å². The Kier molecular flexibility index (Phi) is 9.29. The fourth-order valence-corrected chi connectivity index (χ4v) is 4.06. The second-order valence-corrected chi connectivity index (χ2v) is 8.11. The van der Waals surface area contributed by atoms with Crippen molar-refractivity contribution in [3.05, 3.63) is 130 Å². The van der Waals surface area contributed by atoms with Gasteiger partial charge in [-0.15, -0.1) is 0 Å². The maximum absolute atomic E-state index is 11.1. The standard InChI is InChI=1S/C32H18O4.2Li/c33-31(34)23-15-9-21(10-16-23)13-19-29-25-5-1-2-6-26(25)30(28-8-4-3-7-27(28)29)20-14-22-11-17-24(18-12-22)32(35)36;;/h1-12,15-18H,(H,33,34)(H,35,36);;. The van der Waals surface area contributed by atoms with Gasteiger partial charge in [-0.2, -0.15) is 0 Å². The van der Waals surface area contributed by atoms with E-state index in [1.807, 2.05) is 48.5 Å². The molecular formula is C32H18Li2O4. The second-order valence-electron chi connectivity index (χ2n) is 8.11. The Hall–Kier alpha value is -4.13. The van der Waals surface area contributed by atoms with E-state index in [0.29, 0.717) is 0 Å². The molecule has 0 unspecified atom stereocenters. The molecule has 4 nitrogen and oxygen atoms in total. The van der Waals surface area contributed by atoms with E-state index in [0.717, 1.165) is 43.8 Å². The molecule has 5 rings (SSSR count). The maximum atomic E-state index is 11.1. The summed E-state index contributed by atoms with van der Waals surface area (Å²) in [5, 5.41) is 22.1. The first kappa shape index (κ1) is 28.4. The predicted octanol–water partition coefficient (Wildman–Crippen LogP) is 5.43. The van der Waals surface area contributed by atoms with E-state index < -0.39 is 11.9 Å². The van der Waals surface area contributed by atoms with Crippen molar-refractivity contribution in [2.75, 3.05) is 0 Å². The van der Waals surface area contributed by atoms with Crippen molar-refractivity contribution in [1.29, 1.82) is 0 Å². The van der Waals surface area contributed by atoms with Crippen molar-refractivity contribution < 1.29 is 19.8 Å². The van der Waals surface area contributed by atoms with Crippen LogP contribution in [0.2, 0.25) is 0 Å². The molecule has 5 aromatic carbocycles. The number of fused-ring (bicyclic) bond motifs is 2. The molecule has 0 bridgehead atoms. The van der Waals surface area contributed by atoms with Gasteiger partial charge in [0.1, 0.15) is 0 Å². The van der Waals surface area contributed by atoms with Gasteiger partial charge in [0.2, 0.25) is 0 Å². The first-order chi connectivity index (χ1) is 17.5. The zero-order chi connectivity index (χ0) is 25.1. The van der Waals surface area contributed by atoms with E-state index >= 15 is 0 Å². The van der Waals surface area contributed by atoms with E-state index in [1.54, 1.807) is 48.5 Å². The third-order valence-electron chi connectivity index (χ3n) is 5.86. The molecule has 38 heavy (non-hydrogen) atoms. The van der Waals surface area contributed by atoms with Crippen molar-refractivity contribution in [1.82, 2.24) is 0 Å². The molecule has 0 aliphatic heterocycles. The van der Waals surface area contributed by atoms with Gasteiger partial charge in [-0.05, 0) is 70.1 Å². The van der Waals surface area contributed by atoms with Crippen LogP contribution < -0.4 is 0 Å². The number of hydrogen-bond acceptors (Lipinski definition) is 2. The van der Waals surface area contributed by atoms with Gasteiger partial charge in [-0.3, -0.25) is 0 Å². The van der Waals surface area contributed by atoms with E-state index in [1.165, 1.54) is 0 Å². The molecule has 0 saturated carbocycles. The quantitative estimate of drug-likeness (QED) is 0.201. The number of rotatable bonds is 2. The Morgan fingerprint density at radius 3 is 1.00 bits per heavy atom. The van der Waals surface area contributed by atoms with Crippen LogP contribution in [0.25, 0.3) is 21.5 Å². The van der Waals surface area contributed by atoms with Gasteiger partial charge in [-0.1, -0.05) is 72.2 Å². The van der Waals surface area contributed by atoms with Crippen LogP contribution in [0.1, 0.15) is 43.0 Å². The van der Waals surface area contributed by atoms with Crippen molar-refractivity contribution in [3.8, 4) is 23.7 Å². The number of carboxylic acids is 2. The summed E-state index contributed by atoms with van der Waals surface area (Å²) in [6.45, 7) is 0. The Labute approximate surface area is 244 Å². The van der Waals surface area contributed by atoms with Crippen LogP contribution in [0.5, 0.6) is 0 Å². The summed E-state index contributed by atoms with van der Waals surface area (Å²) in [5.74, 6) is 11.0. The molecule has 0 atom stereocenters. The van der Waals surface area contributed by atoms with E-state index in [-0.39, 0.29) is 48.8 Å². The largest absolute Gasteiger partial charge is 0.478 e. The van der Waals surface area contributed by atoms with Gasteiger partial charge >= 0.3 is 11.9 Å².